The van der Waals surface area contributed by atoms with Gasteiger partial charge < -0.3 is 9.47 Å². The van der Waals surface area contributed by atoms with Crippen LogP contribution in [0.5, 0.6) is 0 Å². The molecule has 6 nitrogen and oxygen atoms in total. The molecule has 0 aromatic carbocycles. The van der Waals surface area contributed by atoms with E-state index in [-0.39, 0.29) is 41.3 Å². The number of Topliss-reactive ketones (excluding diaryl/α,β-unsaturated/α-hetero) is 2. The Bertz CT molecular complexity index is 640. The first-order valence-corrected chi connectivity index (χ1v) is 11.7. The predicted octanol–water partition coefficient (Wildman–Crippen LogP) is 4.84. The van der Waals surface area contributed by atoms with Crippen LogP contribution in [0.2, 0.25) is 0 Å². The minimum Gasteiger partial charge on any atom is -0.466 e. The Morgan fingerprint density at radius 1 is 0.903 bits per heavy atom. The average molecular weight is 437 g/mol. The van der Waals surface area contributed by atoms with Crippen LogP contribution < -0.4 is 0 Å². The zero-order valence-electron chi connectivity index (χ0n) is 19.7. The van der Waals surface area contributed by atoms with Gasteiger partial charge in [0.15, 0.2) is 0 Å². The van der Waals surface area contributed by atoms with E-state index in [0.29, 0.717) is 32.5 Å². The highest BCUT2D eigenvalue weighted by Gasteiger charge is 2.44. The molecular formula is C25H40O6. The van der Waals surface area contributed by atoms with Crippen molar-refractivity contribution < 1.29 is 28.7 Å². The second-order valence-corrected chi connectivity index (χ2v) is 8.82. The second-order valence-electron chi connectivity index (χ2n) is 8.82. The number of ketones is 2. The van der Waals surface area contributed by atoms with Crippen molar-refractivity contribution in [3.8, 4) is 0 Å². The van der Waals surface area contributed by atoms with Crippen LogP contribution in [-0.4, -0.2) is 36.7 Å². The van der Waals surface area contributed by atoms with E-state index >= 15 is 0 Å². The van der Waals surface area contributed by atoms with Gasteiger partial charge >= 0.3 is 11.9 Å². The molecule has 0 amide bonds. The largest absolute Gasteiger partial charge is 0.466 e. The van der Waals surface area contributed by atoms with Gasteiger partial charge in [-0.1, -0.05) is 18.9 Å². The van der Waals surface area contributed by atoms with Crippen LogP contribution in [0.25, 0.3) is 0 Å². The van der Waals surface area contributed by atoms with Gasteiger partial charge in [-0.25, -0.2) is 0 Å². The molecule has 0 saturated heterocycles. The SMILES string of the molecule is C=CCC1(C(=O)OCC)CCCC(C(C)=O)C1.CCOC(=O)C1CCCC(C(C)=O)C1. The van der Waals surface area contributed by atoms with Gasteiger partial charge in [-0.05, 0) is 72.6 Å². The highest BCUT2D eigenvalue weighted by molar-refractivity contribution is 5.82. The highest BCUT2D eigenvalue weighted by Crippen LogP contribution is 2.43. The fourth-order valence-electron chi connectivity index (χ4n) is 4.76. The van der Waals surface area contributed by atoms with E-state index in [0.717, 1.165) is 38.5 Å². The number of rotatable bonds is 8. The maximum Gasteiger partial charge on any atom is 0.312 e. The fraction of sp³-hybridized carbons (Fsp3) is 0.760. The van der Waals surface area contributed by atoms with Crippen molar-refractivity contribution in [2.45, 2.75) is 85.5 Å². The van der Waals surface area contributed by atoms with Crippen molar-refractivity contribution in [2.24, 2.45) is 23.2 Å². The van der Waals surface area contributed by atoms with Gasteiger partial charge in [0.1, 0.15) is 11.6 Å². The summed E-state index contributed by atoms with van der Waals surface area (Å²) < 4.78 is 10.1. The summed E-state index contributed by atoms with van der Waals surface area (Å²) in [5.74, 6) is 0.148. The van der Waals surface area contributed by atoms with Gasteiger partial charge in [0.25, 0.3) is 0 Å². The molecule has 6 heteroatoms. The third-order valence-electron chi connectivity index (χ3n) is 6.53. The summed E-state index contributed by atoms with van der Waals surface area (Å²) in [4.78, 5) is 46.2. The predicted molar refractivity (Wildman–Crippen MR) is 119 cm³/mol. The molecule has 4 unspecified atom stereocenters. The van der Waals surface area contributed by atoms with Crippen molar-refractivity contribution in [2.75, 3.05) is 13.2 Å². The van der Waals surface area contributed by atoms with Crippen molar-refractivity contribution >= 4 is 23.5 Å². The van der Waals surface area contributed by atoms with Crippen LogP contribution in [0, 0.1) is 23.2 Å². The van der Waals surface area contributed by atoms with Crippen molar-refractivity contribution in [1.29, 1.82) is 0 Å². The highest BCUT2D eigenvalue weighted by atomic mass is 16.5. The van der Waals surface area contributed by atoms with Gasteiger partial charge in [0, 0.05) is 11.8 Å². The zero-order valence-corrected chi connectivity index (χ0v) is 19.7. The van der Waals surface area contributed by atoms with Gasteiger partial charge in [-0.15, -0.1) is 6.58 Å². The molecule has 0 heterocycles. The van der Waals surface area contributed by atoms with Crippen LogP contribution >= 0.6 is 0 Å². The minimum absolute atomic E-state index is 0.00751. The van der Waals surface area contributed by atoms with Crippen LogP contribution in [0.1, 0.15) is 85.5 Å². The normalized spacial score (nSPS) is 27.8. The topological polar surface area (TPSA) is 86.7 Å². The fourth-order valence-corrected chi connectivity index (χ4v) is 4.76. The molecule has 0 radical (unpaired) electrons. The first-order chi connectivity index (χ1) is 14.7. The quantitative estimate of drug-likeness (QED) is 0.400. The molecule has 0 spiro atoms. The summed E-state index contributed by atoms with van der Waals surface area (Å²) in [7, 11) is 0. The molecule has 0 aliphatic heterocycles. The molecule has 2 aliphatic rings. The van der Waals surface area contributed by atoms with Crippen LogP contribution in [-0.2, 0) is 28.7 Å². The Labute approximate surface area is 187 Å². The summed E-state index contributed by atoms with van der Waals surface area (Å²) in [6.07, 6.45) is 9.07. The average Bonchev–Trinajstić information content (AvgIpc) is 2.75. The molecule has 0 aromatic rings. The standard InChI is InChI=1S/C14H22O3.C11H18O3/c1-4-8-14(13(16)17-5-2)9-6-7-12(10-14)11(3)15;1-3-14-11(13)10-6-4-5-9(7-10)8(2)12/h4,12H,1,5-10H2,2-3H3;9-10H,3-7H2,1-2H3. The van der Waals surface area contributed by atoms with Crippen molar-refractivity contribution in [3.63, 3.8) is 0 Å². The zero-order chi connectivity index (χ0) is 23.4. The maximum absolute atomic E-state index is 12.1. The smallest absolute Gasteiger partial charge is 0.312 e. The summed E-state index contributed by atoms with van der Waals surface area (Å²) >= 11 is 0. The van der Waals surface area contributed by atoms with Crippen LogP contribution in [0.4, 0.5) is 0 Å². The lowest BCUT2D eigenvalue weighted by Crippen LogP contribution is -2.39. The lowest BCUT2D eigenvalue weighted by Gasteiger charge is -2.37. The Morgan fingerprint density at radius 3 is 2.03 bits per heavy atom. The molecule has 176 valence electrons. The van der Waals surface area contributed by atoms with E-state index in [4.69, 9.17) is 9.47 Å². The molecule has 0 bridgehead atoms. The number of esters is 2. The molecule has 31 heavy (non-hydrogen) atoms. The number of carbonyl (C=O) groups is 4. The van der Waals surface area contributed by atoms with Gasteiger partial charge in [-0.3, -0.25) is 19.2 Å². The van der Waals surface area contributed by atoms with Crippen LogP contribution in [0.15, 0.2) is 12.7 Å². The Morgan fingerprint density at radius 2 is 1.48 bits per heavy atom. The number of carbonyl (C=O) groups excluding carboxylic acids is 4. The van der Waals surface area contributed by atoms with Gasteiger partial charge in [0.05, 0.1) is 24.5 Å². The Hall–Kier alpha value is -1.98. The molecule has 2 aliphatic carbocycles. The first kappa shape index (κ1) is 27.1. The van der Waals surface area contributed by atoms with E-state index < -0.39 is 5.41 Å². The summed E-state index contributed by atoms with van der Waals surface area (Å²) in [6, 6.07) is 0. The first-order valence-electron chi connectivity index (χ1n) is 11.7. The lowest BCUT2D eigenvalue weighted by atomic mass is 9.67. The number of hydrogen-bond donors (Lipinski definition) is 0. The molecule has 2 rings (SSSR count). The van der Waals surface area contributed by atoms with E-state index in [1.165, 1.54) is 0 Å². The van der Waals surface area contributed by atoms with Gasteiger partial charge in [0.2, 0.25) is 0 Å². The second kappa shape index (κ2) is 13.4. The molecular weight excluding hydrogens is 396 g/mol. The van der Waals surface area contributed by atoms with E-state index in [1.807, 2.05) is 13.8 Å². The summed E-state index contributed by atoms with van der Waals surface area (Å²) in [6.45, 7) is 11.4. The third kappa shape index (κ3) is 8.23. The number of hydrogen-bond acceptors (Lipinski definition) is 6. The number of allylic oxidation sites excluding steroid dienone is 1. The summed E-state index contributed by atoms with van der Waals surface area (Å²) in [5.41, 5.74) is -0.508. The third-order valence-corrected chi connectivity index (χ3v) is 6.53. The molecule has 2 saturated carbocycles. The number of ether oxygens (including phenoxy) is 2. The molecule has 4 atom stereocenters. The van der Waals surface area contributed by atoms with Crippen LogP contribution in [0.3, 0.4) is 0 Å². The van der Waals surface area contributed by atoms with Gasteiger partial charge in [-0.2, -0.15) is 0 Å². The van der Waals surface area contributed by atoms with E-state index in [1.54, 1.807) is 19.9 Å². The monoisotopic (exact) mass is 436 g/mol. The lowest BCUT2D eigenvalue weighted by molar-refractivity contribution is -0.159. The molecule has 0 aromatic heterocycles. The summed E-state index contributed by atoms with van der Waals surface area (Å²) in [5, 5.41) is 0. The molecule has 2 fully saturated rings. The molecule has 0 N–H and O–H groups in total. The Kier molecular flexibility index (Phi) is 11.7. The maximum atomic E-state index is 12.1. The minimum atomic E-state index is -0.508. The van der Waals surface area contributed by atoms with E-state index in [9.17, 15) is 19.2 Å². The Balaban J connectivity index is 0.000000316. The van der Waals surface area contributed by atoms with Crippen molar-refractivity contribution in [3.05, 3.63) is 12.7 Å². The van der Waals surface area contributed by atoms with Crippen molar-refractivity contribution in [1.82, 2.24) is 0 Å². The van der Waals surface area contributed by atoms with E-state index in [2.05, 4.69) is 6.58 Å².